The van der Waals surface area contributed by atoms with Crippen molar-refractivity contribution in [2.45, 2.75) is 59.7 Å². The van der Waals surface area contributed by atoms with E-state index in [0.29, 0.717) is 48.4 Å². The van der Waals surface area contributed by atoms with Crippen LogP contribution in [-0.4, -0.2) is 94.0 Å². The third kappa shape index (κ3) is 13.0. The number of nitrogens with one attached hydrogen (secondary N) is 3. The van der Waals surface area contributed by atoms with Crippen LogP contribution in [0, 0.1) is 11.8 Å². The molecule has 3 aromatic carbocycles. The fraction of sp³-hybridized carbons (Fsp3) is 0.409. The van der Waals surface area contributed by atoms with E-state index >= 15 is 0 Å². The number of carbonyl (C=O) groups excluding carboxylic acids is 4. The summed E-state index contributed by atoms with van der Waals surface area (Å²) in [5.74, 6) is 0.645. The number of carbonyl (C=O) groups is 4. The molecule has 0 saturated carbocycles. The summed E-state index contributed by atoms with van der Waals surface area (Å²) in [4.78, 5) is 51.9. The Morgan fingerprint density at radius 2 is 1.47 bits per heavy atom. The highest BCUT2D eigenvalue weighted by molar-refractivity contribution is 6.30. The van der Waals surface area contributed by atoms with Gasteiger partial charge in [0.15, 0.2) is 17.3 Å². The van der Waals surface area contributed by atoms with Crippen molar-refractivity contribution in [3.63, 3.8) is 0 Å². The molecule has 14 heteroatoms. The van der Waals surface area contributed by atoms with Gasteiger partial charge in [-0.15, -0.1) is 0 Å². The molecule has 1 saturated heterocycles. The third-order valence-corrected chi connectivity index (χ3v) is 9.52. The molecule has 13 nitrogen and oxygen atoms in total. The van der Waals surface area contributed by atoms with Gasteiger partial charge in [-0.25, -0.2) is 4.79 Å². The number of para-hydroxylation sites is 1. The number of rotatable bonds is 14. The number of amides is 4. The zero-order valence-electron chi connectivity index (χ0n) is 34.4. The van der Waals surface area contributed by atoms with Crippen molar-refractivity contribution in [2.75, 3.05) is 47.1 Å². The van der Waals surface area contributed by atoms with E-state index in [1.54, 1.807) is 51.2 Å². The van der Waals surface area contributed by atoms with Crippen molar-refractivity contribution in [1.29, 1.82) is 0 Å². The number of alkyl carbamates (subject to hydrolysis) is 1. The van der Waals surface area contributed by atoms with E-state index < -0.39 is 12.1 Å². The van der Waals surface area contributed by atoms with E-state index in [2.05, 4.69) is 16.0 Å². The van der Waals surface area contributed by atoms with Gasteiger partial charge in [0.25, 0.3) is 5.91 Å². The van der Waals surface area contributed by atoms with Crippen LogP contribution in [0.3, 0.4) is 0 Å². The summed E-state index contributed by atoms with van der Waals surface area (Å²) < 4.78 is 26.7. The van der Waals surface area contributed by atoms with Gasteiger partial charge in [-0.1, -0.05) is 75.7 Å². The summed E-state index contributed by atoms with van der Waals surface area (Å²) in [5, 5.41) is 9.87. The molecule has 3 N–H and O–H groups in total. The van der Waals surface area contributed by atoms with Crippen molar-refractivity contribution < 1.29 is 42.5 Å². The first-order valence-electron chi connectivity index (χ1n) is 19.3. The van der Waals surface area contributed by atoms with Crippen LogP contribution in [0.15, 0.2) is 83.3 Å². The maximum Gasteiger partial charge on any atom is 0.408 e. The molecular weight excluding hydrogens is 764 g/mol. The van der Waals surface area contributed by atoms with Crippen molar-refractivity contribution in [2.24, 2.45) is 11.8 Å². The number of nitrogens with zero attached hydrogens (tertiary/aromatic N) is 1. The molecule has 4 aromatic rings. The fourth-order valence-corrected chi connectivity index (χ4v) is 6.11. The number of halogens is 1. The molecule has 5 rings (SSSR count). The Balaban J connectivity index is 0.000000259. The highest BCUT2D eigenvalue weighted by atomic mass is 35.5. The van der Waals surface area contributed by atoms with Crippen LogP contribution in [-0.2, 0) is 19.1 Å². The van der Waals surface area contributed by atoms with Gasteiger partial charge >= 0.3 is 6.09 Å². The molecule has 0 unspecified atom stereocenters. The highest BCUT2D eigenvalue weighted by Crippen LogP contribution is 2.33. The smallest absolute Gasteiger partial charge is 0.408 e. The molecule has 2 atom stereocenters. The molecule has 312 valence electrons. The Labute approximate surface area is 345 Å². The van der Waals surface area contributed by atoms with E-state index in [-0.39, 0.29) is 54.0 Å². The van der Waals surface area contributed by atoms with Crippen molar-refractivity contribution in [3.8, 4) is 11.5 Å². The molecular formula is C44H55ClN4O9. The van der Waals surface area contributed by atoms with E-state index in [4.69, 9.17) is 35.0 Å². The number of hydrogen-bond donors (Lipinski definition) is 3. The lowest BCUT2D eigenvalue weighted by atomic mass is 9.96. The number of fused-ring (bicyclic) bond motifs is 1. The lowest BCUT2D eigenvalue weighted by Gasteiger charge is -2.27. The number of methoxy groups -OCH3 is 2. The third-order valence-electron chi connectivity index (χ3n) is 9.27. The van der Waals surface area contributed by atoms with Gasteiger partial charge in [0, 0.05) is 42.2 Å². The average Bonchev–Trinajstić information content (AvgIpc) is 3.65. The van der Waals surface area contributed by atoms with Gasteiger partial charge in [-0.2, -0.15) is 0 Å². The quantitative estimate of drug-likeness (QED) is 0.113. The van der Waals surface area contributed by atoms with Crippen molar-refractivity contribution in [1.82, 2.24) is 20.9 Å². The van der Waals surface area contributed by atoms with Gasteiger partial charge in [-0.05, 0) is 78.8 Å². The standard InChI is InChI=1S/C23H33N3O5.C21H22ClNO4/c1-13(2)17(25-22(28)20(14(3)4)26-23(29)30-15(5)6)12-24-21(27)19-11-16-9-7-8-10-18(16)31-19;1-25-19-8-5-16(13-20(19)26-2)18(15-3-6-17(22)7-4-15)14-21(24)23-9-11-27-12-10-23/h7-11,13-15,17,20H,12H2,1-6H3,(H,24,27)(H,25,28)(H,26,29);3-8,13-14H,9-12H2,1-2H3/b;18-14+/t17-,20-;/m0./s1. The Bertz CT molecular complexity index is 1990. The predicted octanol–water partition coefficient (Wildman–Crippen LogP) is 7.11. The van der Waals surface area contributed by atoms with E-state index in [1.807, 2.05) is 88.4 Å². The SMILES string of the molecule is CC(C)OC(=O)N[C@H](C(=O)N[C@@H](CNC(=O)c1cc2ccccc2o1)C(C)C)C(C)C.COc1ccc(/C(=C/C(=O)N2CCOCC2)c2ccc(Cl)cc2)cc1OC. The van der Waals surface area contributed by atoms with Gasteiger partial charge < -0.3 is 44.2 Å². The Morgan fingerprint density at radius 3 is 2.07 bits per heavy atom. The molecule has 0 spiro atoms. The number of hydrogen-bond acceptors (Lipinski definition) is 9. The first-order chi connectivity index (χ1) is 27.7. The van der Waals surface area contributed by atoms with Crippen LogP contribution in [0.5, 0.6) is 11.5 Å². The fourth-order valence-electron chi connectivity index (χ4n) is 5.98. The molecule has 0 radical (unpaired) electrons. The highest BCUT2D eigenvalue weighted by Gasteiger charge is 2.28. The first kappa shape index (κ1) is 45.2. The normalized spacial score (nSPS) is 14.0. The average molecular weight is 819 g/mol. The van der Waals surface area contributed by atoms with E-state index in [0.717, 1.165) is 22.1 Å². The largest absolute Gasteiger partial charge is 0.493 e. The molecule has 58 heavy (non-hydrogen) atoms. The molecule has 4 amide bonds. The maximum absolute atomic E-state index is 12.8. The second-order valence-corrected chi connectivity index (χ2v) is 15.0. The summed E-state index contributed by atoms with van der Waals surface area (Å²) in [6.45, 7) is 13.6. The molecule has 1 aliphatic heterocycles. The van der Waals surface area contributed by atoms with E-state index in [9.17, 15) is 19.2 Å². The summed E-state index contributed by atoms with van der Waals surface area (Å²) in [6.07, 6.45) is 0.742. The van der Waals surface area contributed by atoms with Crippen molar-refractivity contribution >= 4 is 52.0 Å². The summed E-state index contributed by atoms with van der Waals surface area (Å²) in [5.41, 5.74) is 3.19. The van der Waals surface area contributed by atoms with Gasteiger partial charge in [-0.3, -0.25) is 14.4 Å². The monoisotopic (exact) mass is 818 g/mol. The molecule has 1 fully saturated rings. The zero-order chi connectivity index (χ0) is 42.4. The number of benzene rings is 3. The van der Waals surface area contributed by atoms with Crippen molar-refractivity contribution in [3.05, 3.63) is 101 Å². The number of morpholine rings is 1. The lowest BCUT2D eigenvalue weighted by molar-refractivity contribution is -0.130. The molecule has 1 aromatic heterocycles. The first-order valence-corrected chi connectivity index (χ1v) is 19.7. The maximum atomic E-state index is 12.8. The summed E-state index contributed by atoms with van der Waals surface area (Å²) in [7, 11) is 3.18. The minimum atomic E-state index is -0.751. The minimum absolute atomic E-state index is 0.0435. The Hall–Kier alpha value is -5.53. The summed E-state index contributed by atoms with van der Waals surface area (Å²) in [6, 6.07) is 21.0. The second kappa shape index (κ2) is 21.8. The van der Waals surface area contributed by atoms with Gasteiger partial charge in [0.05, 0.1) is 33.5 Å². The summed E-state index contributed by atoms with van der Waals surface area (Å²) >= 11 is 6.03. The molecule has 0 aliphatic carbocycles. The zero-order valence-corrected chi connectivity index (χ0v) is 35.2. The topological polar surface area (TPSA) is 158 Å². The second-order valence-electron chi connectivity index (χ2n) is 14.6. The van der Waals surface area contributed by atoms with Gasteiger partial charge in [0.1, 0.15) is 11.6 Å². The predicted molar refractivity (Wildman–Crippen MR) is 224 cm³/mol. The van der Waals surface area contributed by atoms with Crippen LogP contribution in [0.4, 0.5) is 4.79 Å². The lowest BCUT2D eigenvalue weighted by Crippen LogP contribution is -2.55. The molecule has 0 bridgehead atoms. The van der Waals surface area contributed by atoms with Crippen LogP contribution in [0.25, 0.3) is 16.5 Å². The van der Waals surface area contributed by atoms with Crippen LogP contribution in [0.2, 0.25) is 5.02 Å². The van der Waals surface area contributed by atoms with E-state index in [1.165, 1.54) is 0 Å². The number of furan rings is 1. The van der Waals surface area contributed by atoms with Crippen LogP contribution >= 0.6 is 11.6 Å². The van der Waals surface area contributed by atoms with Gasteiger partial charge in [0.2, 0.25) is 11.8 Å². The minimum Gasteiger partial charge on any atom is -0.493 e. The molecule has 2 heterocycles. The number of ether oxygens (including phenoxy) is 4. The molecule has 1 aliphatic rings. The Kier molecular flexibility index (Phi) is 17.0. The van der Waals surface area contributed by atoms with Crippen LogP contribution in [0.1, 0.15) is 63.2 Å². The Morgan fingerprint density at radius 1 is 0.810 bits per heavy atom. The van der Waals surface area contributed by atoms with Crippen LogP contribution < -0.4 is 25.4 Å².